The van der Waals surface area contributed by atoms with E-state index in [1.54, 1.807) is 0 Å². The fourth-order valence-corrected chi connectivity index (χ4v) is 2.74. The quantitative estimate of drug-likeness (QED) is 0.757. The SMILES string of the molecule is Cc1c(C)c(C)c2c(C(C)C)nc(C(C)C)nc2c1C. The summed E-state index contributed by atoms with van der Waals surface area (Å²) in [5.74, 6) is 1.74. The molecule has 1 heterocycles. The van der Waals surface area contributed by atoms with E-state index < -0.39 is 0 Å². The molecule has 0 fully saturated rings. The van der Waals surface area contributed by atoms with Crippen molar-refractivity contribution >= 4 is 10.9 Å². The van der Waals surface area contributed by atoms with Gasteiger partial charge in [0.2, 0.25) is 0 Å². The van der Waals surface area contributed by atoms with Crippen molar-refractivity contribution in [3.63, 3.8) is 0 Å². The molecular formula is C18H26N2. The number of aryl methyl sites for hydroxylation is 2. The van der Waals surface area contributed by atoms with Gasteiger partial charge in [-0.1, -0.05) is 27.7 Å². The predicted octanol–water partition coefficient (Wildman–Crippen LogP) is 5.11. The Morgan fingerprint density at radius 1 is 0.650 bits per heavy atom. The van der Waals surface area contributed by atoms with Gasteiger partial charge in [0, 0.05) is 11.3 Å². The summed E-state index contributed by atoms with van der Waals surface area (Å²) in [6.45, 7) is 17.6. The molecule has 2 aromatic rings. The van der Waals surface area contributed by atoms with Gasteiger partial charge in [0.05, 0.1) is 11.2 Å². The van der Waals surface area contributed by atoms with Crippen LogP contribution in [0, 0.1) is 27.7 Å². The second-order valence-electron chi connectivity index (χ2n) is 6.50. The topological polar surface area (TPSA) is 25.8 Å². The summed E-state index contributed by atoms with van der Waals surface area (Å²) in [7, 11) is 0. The third kappa shape index (κ3) is 2.21. The lowest BCUT2D eigenvalue weighted by Crippen LogP contribution is -2.08. The van der Waals surface area contributed by atoms with E-state index in [9.17, 15) is 0 Å². The summed E-state index contributed by atoms with van der Waals surface area (Å²) in [6.07, 6.45) is 0. The molecule has 0 unspecified atom stereocenters. The molecule has 0 saturated heterocycles. The molecule has 20 heavy (non-hydrogen) atoms. The van der Waals surface area contributed by atoms with E-state index in [2.05, 4.69) is 55.4 Å². The van der Waals surface area contributed by atoms with Crippen LogP contribution in [0.3, 0.4) is 0 Å². The molecule has 0 aliphatic heterocycles. The maximum atomic E-state index is 4.87. The minimum Gasteiger partial charge on any atom is -0.237 e. The molecular weight excluding hydrogens is 244 g/mol. The molecule has 2 rings (SSSR count). The smallest absolute Gasteiger partial charge is 0.131 e. The zero-order chi connectivity index (χ0) is 15.2. The highest BCUT2D eigenvalue weighted by atomic mass is 14.9. The number of rotatable bonds is 2. The number of hydrogen-bond acceptors (Lipinski definition) is 2. The number of fused-ring (bicyclic) bond motifs is 1. The summed E-state index contributed by atoms with van der Waals surface area (Å²) in [5, 5.41) is 1.27. The van der Waals surface area contributed by atoms with Crippen molar-refractivity contribution in [2.24, 2.45) is 0 Å². The molecule has 0 aliphatic rings. The van der Waals surface area contributed by atoms with Gasteiger partial charge < -0.3 is 0 Å². The van der Waals surface area contributed by atoms with Crippen LogP contribution in [0.4, 0.5) is 0 Å². The molecule has 0 saturated carbocycles. The molecule has 108 valence electrons. The van der Waals surface area contributed by atoms with Gasteiger partial charge in [0.25, 0.3) is 0 Å². The predicted molar refractivity (Wildman–Crippen MR) is 86.7 cm³/mol. The molecule has 0 atom stereocenters. The van der Waals surface area contributed by atoms with Crippen LogP contribution < -0.4 is 0 Å². The van der Waals surface area contributed by atoms with Gasteiger partial charge in [-0.3, -0.25) is 0 Å². The van der Waals surface area contributed by atoms with E-state index in [1.807, 2.05) is 0 Å². The Labute approximate surface area is 122 Å². The fraction of sp³-hybridized carbons (Fsp3) is 0.556. The van der Waals surface area contributed by atoms with Crippen LogP contribution in [0.1, 0.15) is 73.3 Å². The summed E-state index contributed by atoms with van der Waals surface area (Å²) in [6, 6.07) is 0. The van der Waals surface area contributed by atoms with E-state index in [1.165, 1.54) is 33.3 Å². The second kappa shape index (κ2) is 5.16. The van der Waals surface area contributed by atoms with E-state index in [0.29, 0.717) is 11.8 Å². The summed E-state index contributed by atoms with van der Waals surface area (Å²) in [4.78, 5) is 9.73. The summed E-state index contributed by atoms with van der Waals surface area (Å²) in [5.41, 5.74) is 7.71. The van der Waals surface area contributed by atoms with Gasteiger partial charge in [0.15, 0.2) is 0 Å². The molecule has 0 amide bonds. The van der Waals surface area contributed by atoms with Crippen LogP contribution >= 0.6 is 0 Å². The van der Waals surface area contributed by atoms with Gasteiger partial charge in [-0.25, -0.2) is 9.97 Å². The van der Waals surface area contributed by atoms with Crippen molar-refractivity contribution in [3.05, 3.63) is 33.8 Å². The molecule has 0 radical (unpaired) electrons. The highest BCUT2D eigenvalue weighted by Gasteiger charge is 2.18. The van der Waals surface area contributed by atoms with Crippen molar-refractivity contribution < 1.29 is 0 Å². The average Bonchev–Trinajstić information content (AvgIpc) is 2.41. The molecule has 0 bridgehead atoms. The first-order chi connectivity index (χ1) is 9.25. The molecule has 0 aliphatic carbocycles. The van der Waals surface area contributed by atoms with Gasteiger partial charge >= 0.3 is 0 Å². The molecule has 0 spiro atoms. The van der Waals surface area contributed by atoms with Gasteiger partial charge in [-0.2, -0.15) is 0 Å². The van der Waals surface area contributed by atoms with Crippen molar-refractivity contribution in [1.29, 1.82) is 0 Å². The van der Waals surface area contributed by atoms with E-state index in [-0.39, 0.29) is 0 Å². The van der Waals surface area contributed by atoms with E-state index in [4.69, 9.17) is 9.97 Å². The number of hydrogen-bond donors (Lipinski definition) is 0. The van der Waals surface area contributed by atoms with Crippen LogP contribution in [-0.4, -0.2) is 9.97 Å². The molecule has 2 heteroatoms. The highest BCUT2D eigenvalue weighted by molar-refractivity contribution is 5.89. The van der Waals surface area contributed by atoms with Crippen molar-refractivity contribution in [3.8, 4) is 0 Å². The number of aromatic nitrogens is 2. The van der Waals surface area contributed by atoms with Gasteiger partial charge in [-0.15, -0.1) is 0 Å². The van der Waals surface area contributed by atoms with Crippen LogP contribution in [-0.2, 0) is 0 Å². The Bertz CT molecular complexity index is 667. The molecule has 0 N–H and O–H groups in total. The minimum atomic E-state index is 0.359. The van der Waals surface area contributed by atoms with Gasteiger partial charge in [0.1, 0.15) is 5.82 Å². The largest absolute Gasteiger partial charge is 0.237 e. The maximum absolute atomic E-state index is 4.87. The van der Waals surface area contributed by atoms with E-state index in [0.717, 1.165) is 11.3 Å². The van der Waals surface area contributed by atoms with Gasteiger partial charge in [-0.05, 0) is 55.9 Å². The lowest BCUT2D eigenvalue weighted by atomic mass is 9.91. The summed E-state index contributed by atoms with van der Waals surface area (Å²) < 4.78 is 0. The monoisotopic (exact) mass is 270 g/mol. The van der Waals surface area contributed by atoms with Crippen LogP contribution in [0.2, 0.25) is 0 Å². The Morgan fingerprint density at radius 2 is 1.20 bits per heavy atom. The summed E-state index contributed by atoms with van der Waals surface area (Å²) >= 11 is 0. The molecule has 2 nitrogen and oxygen atoms in total. The van der Waals surface area contributed by atoms with Crippen LogP contribution in [0.15, 0.2) is 0 Å². The zero-order valence-corrected chi connectivity index (χ0v) is 14.0. The lowest BCUT2D eigenvalue weighted by molar-refractivity contribution is 0.741. The van der Waals surface area contributed by atoms with Crippen molar-refractivity contribution in [1.82, 2.24) is 9.97 Å². The maximum Gasteiger partial charge on any atom is 0.131 e. The second-order valence-corrected chi connectivity index (χ2v) is 6.50. The average molecular weight is 270 g/mol. The number of nitrogens with zero attached hydrogens (tertiary/aromatic N) is 2. The van der Waals surface area contributed by atoms with Crippen molar-refractivity contribution in [2.75, 3.05) is 0 Å². The fourth-order valence-electron chi connectivity index (χ4n) is 2.74. The Balaban J connectivity index is 3.01. The van der Waals surface area contributed by atoms with Crippen LogP contribution in [0.5, 0.6) is 0 Å². The Kier molecular flexibility index (Phi) is 3.86. The standard InChI is InChI=1S/C18H26N2/c1-9(2)16-15-13(7)11(5)12(6)14(8)17(15)20-18(19-16)10(3)4/h9-10H,1-8H3. The Morgan fingerprint density at radius 3 is 1.70 bits per heavy atom. The number of benzene rings is 1. The first-order valence-electron chi connectivity index (χ1n) is 7.53. The molecule has 1 aromatic heterocycles. The molecule has 1 aromatic carbocycles. The minimum absolute atomic E-state index is 0.359. The zero-order valence-electron chi connectivity index (χ0n) is 14.0. The lowest BCUT2D eigenvalue weighted by Gasteiger charge is -2.19. The normalized spacial score (nSPS) is 11.9. The Hall–Kier alpha value is -1.44. The first kappa shape index (κ1) is 15.0. The first-order valence-corrected chi connectivity index (χ1v) is 7.53. The third-order valence-corrected chi connectivity index (χ3v) is 4.44. The van der Waals surface area contributed by atoms with E-state index >= 15 is 0 Å². The highest BCUT2D eigenvalue weighted by Crippen LogP contribution is 2.33. The van der Waals surface area contributed by atoms with Crippen LogP contribution in [0.25, 0.3) is 10.9 Å². The van der Waals surface area contributed by atoms with Crippen molar-refractivity contribution in [2.45, 2.75) is 67.2 Å². The third-order valence-electron chi connectivity index (χ3n) is 4.44.